The van der Waals surface area contributed by atoms with E-state index in [0.717, 1.165) is 22.3 Å². The Balaban J connectivity index is 0.00000109. The highest BCUT2D eigenvalue weighted by Gasteiger charge is 2.58. The minimum Gasteiger partial charge on any atom is -0.507 e. The van der Waals surface area contributed by atoms with Gasteiger partial charge in [-0.2, -0.15) is 9.59 Å². The lowest BCUT2D eigenvalue weighted by molar-refractivity contribution is -0.415. The van der Waals surface area contributed by atoms with Gasteiger partial charge in [0.1, 0.15) is 17.1 Å². The van der Waals surface area contributed by atoms with Crippen LogP contribution in [0, 0.1) is 0 Å². The van der Waals surface area contributed by atoms with Gasteiger partial charge < -0.3 is 14.6 Å². The Bertz CT molecular complexity index is 2230. The molecule has 0 spiro atoms. The number of rotatable bonds is 3. The smallest absolute Gasteiger partial charge is 0.373 e. The number of hydrogen-bond acceptors (Lipinski definition) is 8. The second-order valence-electron chi connectivity index (χ2n) is 11.1. The second-order valence-corrected chi connectivity index (χ2v) is 11.5. The topological polar surface area (TPSA) is 140 Å². The molecule has 0 amide bonds. The van der Waals surface area contributed by atoms with Gasteiger partial charge in [-0.15, -0.1) is 0 Å². The number of carbonyl (C=O) groups is 1. The Morgan fingerprint density at radius 1 is 0.804 bits per heavy atom. The van der Waals surface area contributed by atoms with Crippen molar-refractivity contribution < 1.29 is 38.8 Å². The van der Waals surface area contributed by atoms with Gasteiger partial charge in [0.25, 0.3) is 0 Å². The first-order valence-corrected chi connectivity index (χ1v) is 14.3. The summed E-state index contributed by atoms with van der Waals surface area (Å²) in [6.45, 7) is 1.96. The number of aromatic carboxylic acids is 1. The van der Waals surface area contributed by atoms with Gasteiger partial charge in [-0.25, -0.2) is 14.6 Å². The van der Waals surface area contributed by atoms with Crippen LogP contribution in [0.1, 0.15) is 45.1 Å². The molecule has 226 valence electrons. The molecule has 9 nitrogen and oxygen atoms in total. The van der Waals surface area contributed by atoms with Crippen molar-refractivity contribution in [2.75, 3.05) is 0 Å². The number of carboxylic acids is 1. The van der Waals surface area contributed by atoms with Crippen molar-refractivity contribution in [3.05, 3.63) is 146 Å². The summed E-state index contributed by atoms with van der Waals surface area (Å²) in [5, 5.41) is 21.8. The Labute approximate surface area is 265 Å². The van der Waals surface area contributed by atoms with Gasteiger partial charge in [0.2, 0.25) is 5.43 Å². The molecule has 0 saturated carbocycles. The highest BCUT2D eigenvalue weighted by Crippen LogP contribution is 2.60. The van der Waals surface area contributed by atoms with E-state index in [4.69, 9.17) is 35.4 Å². The molecule has 0 atom stereocenters. The summed E-state index contributed by atoms with van der Waals surface area (Å²) in [6, 6.07) is 28.3. The van der Waals surface area contributed by atoms with E-state index in [2.05, 4.69) is 0 Å². The van der Waals surface area contributed by atoms with E-state index < -0.39 is 22.6 Å². The largest absolute Gasteiger partial charge is 0.507 e. The van der Waals surface area contributed by atoms with Crippen molar-refractivity contribution >= 4 is 34.7 Å². The standard InChI is InChI=1S/C35H21ClO7.CO2/c1-34-22-6-2-4-8-24(22)35(43-42-34,25-9-5-3-7-23(25)34)26-14-20-30(16-28(26)37)41-31-17-29(38)27(36)15-21(31)32(20)18-10-12-19(13-11-18)33(39)40;2-1-3/h2-17,37H,1H3,(H,39,40);. The minimum atomic E-state index is -1.32. The summed E-state index contributed by atoms with van der Waals surface area (Å²) >= 11 is 6.31. The third kappa shape index (κ3) is 4.04. The summed E-state index contributed by atoms with van der Waals surface area (Å²) in [5.41, 5.74) is 3.64. The van der Waals surface area contributed by atoms with E-state index >= 15 is 0 Å². The van der Waals surface area contributed by atoms with Crippen LogP contribution in [0.2, 0.25) is 5.02 Å². The lowest BCUT2D eigenvalue weighted by Crippen LogP contribution is -2.51. The maximum absolute atomic E-state index is 12.5. The fourth-order valence-corrected chi connectivity index (χ4v) is 6.83. The molecule has 2 bridgehead atoms. The second kappa shape index (κ2) is 10.5. The average Bonchev–Trinajstić information content (AvgIpc) is 3.05. The van der Waals surface area contributed by atoms with Gasteiger partial charge in [0.05, 0.1) is 10.6 Å². The molecule has 0 aromatic heterocycles. The van der Waals surface area contributed by atoms with Gasteiger partial charge in [0, 0.05) is 45.3 Å². The van der Waals surface area contributed by atoms with Crippen LogP contribution in [-0.4, -0.2) is 22.3 Å². The van der Waals surface area contributed by atoms with Crippen molar-refractivity contribution in [2.45, 2.75) is 18.1 Å². The van der Waals surface area contributed by atoms with Crippen molar-refractivity contribution in [2.24, 2.45) is 0 Å². The third-order valence-corrected chi connectivity index (χ3v) is 8.96. The molecule has 4 aromatic rings. The summed E-state index contributed by atoms with van der Waals surface area (Å²) in [5.74, 6) is -0.880. The molecule has 5 aliphatic rings. The quantitative estimate of drug-likeness (QED) is 0.158. The maximum atomic E-state index is 12.5. The van der Waals surface area contributed by atoms with Crippen LogP contribution in [0.4, 0.5) is 0 Å². The van der Waals surface area contributed by atoms with E-state index in [9.17, 15) is 19.8 Å². The van der Waals surface area contributed by atoms with Crippen LogP contribution in [0.5, 0.6) is 5.75 Å². The summed E-state index contributed by atoms with van der Waals surface area (Å²) in [6.07, 6.45) is 0.250. The molecular weight excluding hydrogens is 612 g/mol. The molecule has 46 heavy (non-hydrogen) atoms. The molecular formula is C36H21ClO9. The summed E-state index contributed by atoms with van der Waals surface area (Å²) in [4.78, 5) is 52.8. The number of fused-ring (bicyclic) bond motifs is 3. The Morgan fingerprint density at radius 3 is 1.98 bits per heavy atom. The van der Waals surface area contributed by atoms with Crippen LogP contribution in [0.25, 0.3) is 33.4 Å². The molecule has 2 N–H and O–H groups in total. The third-order valence-electron chi connectivity index (χ3n) is 8.66. The van der Waals surface area contributed by atoms with Crippen LogP contribution >= 0.6 is 11.6 Å². The number of carboxylic acid groups (broad SMARTS) is 1. The fourth-order valence-electron chi connectivity index (χ4n) is 6.66. The first kappa shape index (κ1) is 29.2. The molecule has 3 aliphatic heterocycles. The van der Waals surface area contributed by atoms with Crippen LogP contribution in [0.15, 0.2) is 106 Å². The zero-order valence-electron chi connectivity index (χ0n) is 23.9. The van der Waals surface area contributed by atoms with Crippen LogP contribution in [-0.2, 0) is 30.6 Å². The van der Waals surface area contributed by atoms with Gasteiger partial charge >= 0.3 is 12.1 Å². The lowest BCUT2D eigenvalue weighted by atomic mass is 9.64. The van der Waals surface area contributed by atoms with E-state index in [1.54, 1.807) is 24.3 Å². The van der Waals surface area contributed by atoms with Crippen molar-refractivity contribution in [1.82, 2.24) is 0 Å². The first-order valence-electron chi connectivity index (χ1n) is 14.0. The molecule has 2 aliphatic carbocycles. The van der Waals surface area contributed by atoms with Crippen molar-refractivity contribution in [3.8, 4) is 28.2 Å². The highest BCUT2D eigenvalue weighted by atomic mass is 35.5. The van der Waals surface area contributed by atoms with Gasteiger partial charge in [0.15, 0.2) is 11.2 Å². The molecule has 0 fully saturated rings. The monoisotopic (exact) mass is 632 g/mol. The molecule has 10 heteroatoms. The van der Waals surface area contributed by atoms with E-state index in [0.29, 0.717) is 33.2 Å². The minimum absolute atomic E-state index is 0.0153. The number of benzene rings is 5. The SMILES string of the molecule is CC12OOC(c3cc4c(-c5ccc(C(=O)O)cc5)c5cc(Cl)c(=O)cc-5oc4cc3O)(c3ccccc31)c1ccccc12.O=C=O. The highest BCUT2D eigenvalue weighted by molar-refractivity contribution is 6.31. The Kier molecular flexibility index (Phi) is 6.66. The fraction of sp³-hybridized carbons (Fsp3) is 0.0833. The normalized spacial score (nSPS) is 19.1. The number of aromatic hydroxyl groups is 1. The molecule has 0 unspecified atom stereocenters. The lowest BCUT2D eigenvalue weighted by Gasteiger charge is -2.52. The maximum Gasteiger partial charge on any atom is 0.373 e. The Hall–Kier alpha value is -5.57. The number of phenolic OH excluding ortho intramolecular Hbond substituents is 1. The van der Waals surface area contributed by atoms with E-state index in [1.165, 1.54) is 24.3 Å². The predicted octanol–water partition coefficient (Wildman–Crippen LogP) is 6.87. The first-order chi connectivity index (χ1) is 22.1. The van der Waals surface area contributed by atoms with Crippen molar-refractivity contribution in [3.63, 3.8) is 0 Å². The number of carbonyl (C=O) groups excluding carboxylic acids is 2. The zero-order valence-corrected chi connectivity index (χ0v) is 24.6. The van der Waals surface area contributed by atoms with Gasteiger partial charge in [-0.1, -0.05) is 72.3 Å². The Morgan fingerprint density at radius 2 is 1.39 bits per heavy atom. The summed E-state index contributed by atoms with van der Waals surface area (Å²) in [7, 11) is 0. The molecule has 0 radical (unpaired) electrons. The van der Waals surface area contributed by atoms with Crippen LogP contribution < -0.4 is 5.43 Å². The number of hydrogen-bond donors (Lipinski definition) is 2. The molecule has 9 rings (SSSR count). The zero-order chi connectivity index (χ0) is 32.4. The predicted molar refractivity (Wildman–Crippen MR) is 165 cm³/mol. The molecule has 4 aromatic carbocycles. The van der Waals surface area contributed by atoms with Crippen LogP contribution in [0.3, 0.4) is 0 Å². The molecule has 0 saturated heterocycles. The number of halogens is 1. The van der Waals surface area contributed by atoms with Crippen molar-refractivity contribution in [1.29, 1.82) is 0 Å². The number of phenols is 1. The van der Waals surface area contributed by atoms with Gasteiger partial charge in [-0.05, 0) is 47.9 Å². The summed E-state index contributed by atoms with van der Waals surface area (Å²) < 4.78 is 6.18. The molecule has 3 heterocycles. The van der Waals surface area contributed by atoms with E-state index in [1.807, 2.05) is 55.5 Å². The average molecular weight is 633 g/mol. The van der Waals surface area contributed by atoms with E-state index in [-0.39, 0.29) is 28.2 Å². The van der Waals surface area contributed by atoms with Gasteiger partial charge in [-0.3, -0.25) is 4.79 Å².